The van der Waals surface area contributed by atoms with Crippen LogP contribution in [0, 0.1) is 0 Å². The average Bonchev–Trinajstić information content (AvgIpc) is 3.37. The minimum atomic E-state index is -0.800. The molecule has 0 atom stereocenters. The van der Waals surface area contributed by atoms with Crippen molar-refractivity contribution in [3.63, 3.8) is 0 Å². The summed E-state index contributed by atoms with van der Waals surface area (Å²) in [7, 11) is 0. The molecule has 0 unspecified atom stereocenters. The molecule has 0 aromatic carbocycles. The third-order valence-corrected chi connectivity index (χ3v) is 7.09. The van der Waals surface area contributed by atoms with Gasteiger partial charge in [-0.05, 0) is 46.6 Å². The second kappa shape index (κ2) is 13.2. The average molecular weight is 586 g/mol. The Morgan fingerprint density at radius 3 is 2.49 bits per heavy atom. The molecule has 4 rings (SSSR count). The number of amides is 2. The Labute approximate surface area is 242 Å². The maximum Gasteiger partial charge on any atom is 0.417 e. The van der Waals surface area contributed by atoms with E-state index >= 15 is 0 Å². The molecule has 220 valence electrons. The number of fused-ring (bicyclic) bond motifs is 1. The number of imide groups is 1. The number of ether oxygens (including phenoxy) is 3. The predicted molar refractivity (Wildman–Crippen MR) is 154 cm³/mol. The maximum absolute atomic E-state index is 13.8. The minimum absolute atomic E-state index is 0.0808. The van der Waals surface area contributed by atoms with Crippen LogP contribution in [0.15, 0.2) is 18.5 Å². The Balaban J connectivity index is 1.67. The summed E-state index contributed by atoms with van der Waals surface area (Å²) in [6, 6.07) is 1.66. The third kappa shape index (κ3) is 7.85. The molecule has 0 spiro atoms. The summed E-state index contributed by atoms with van der Waals surface area (Å²) in [5, 5.41) is 0. The first kappa shape index (κ1) is 30.1. The van der Waals surface area contributed by atoms with E-state index in [1.165, 1.54) is 11.3 Å². The number of nitrogens with zero attached hydrogens (tertiary/aromatic N) is 6. The molecule has 41 heavy (non-hydrogen) atoms. The fourth-order valence-corrected chi connectivity index (χ4v) is 5.15. The first-order chi connectivity index (χ1) is 19.6. The van der Waals surface area contributed by atoms with Crippen molar-refractivity contribution in [2.45, 2.75) is 52.6 Å². The van der Waals surface area contributed by atoms with Gasteiger partial charge in [-0.15, -0.1) is 11.3 Å². The summed E-state index contributed by atoms with van der Waals surface area (Å²) in [5.41, 5.74) is 5.98. The topological polar surface area (TPSA) is 163 Å². The van der Waals surface area contributed by atoms with Crippen LogP contribution in [0.3, 0.4) is 0 Å². The molecule has 0 aliphatic carbocycles. The lowest BCUT2D eigenvalue weighted by molar-refractivity contribution is -0.143. The Hall–Kier alpha value is -3.91. The van der Waals surface area contributed by atoms with Crippen LogP contribution in [-0.4, -0.2) is 87.9 Å². The molecule has 0 saturated carbocycles. The van der Waals surface area contributed by atoms with Crippen LogP contribution in [0.5, 0.6) is 0 Å². The van der Waals surface area contributed by atoms with Crippen LogP contribution < -0.4 is 10.6 Å². The van der Waals surface area contributed by atoms with Gasteiger partial charge < -0.3 is 24.8 Å². The molecule has 1 saturated heterocycles. The minimum Gasteiger partial charge on any atom is -0.466 e. The van der Waals surface area contributed by atoms with E-state index < -0.39 is 17.6 Å². The molecule has 2 amide bonds. The number of carbonyl (C=O) groups is 3. The molecule has 0 bridgehead atoms. The van der Waals surface area contributed by atoms with Crippen molar-refractivity contribution in [2.75, 3.05) is 50.1 Å². The number of thiophene rings is 1. The number of unbranched alkanes of at least 4 members (excludes halogenated alkanes) is 1. The Morgan fingerprint density at radius 2 is 1.83 bits per heavy atom. The van der Waals surface area contributed by atoms with Crippen LogP contribution in [0.2, 0.25) is 0 Å². The van der Waals surface area contributed by atoms with Gasteiger partial charge in [0.15, 0.2) is 11.6 Å². The molecule has 14 heteroatoms. The number of morpholine rings is 1. The number of hydrogen-bond donors (Lipinski definition) is 1. The number of nitrogens with two attached hydrogens (primary N) is 1. The number of hydrogen-bond acceptors (Lipinski definition) is 13. The largest absolute Gasteiger partial charge is 0.466 e. The van der Waals surface area contributed by atoms with Crippen molar-refractivity contribution in [1.29, 1.82) is 0 Å². The van der Waals surface area contributed by atoms with Gasteiger partial charge >= 0.3 is 12.1 Å². The molecule has 2 N–H and O–H groups in total. The number of esters is 1. The lowest BCUT2D eigenvalue weighted by Crippen LogP contribution is -2.41. The van der Waals surface area contributed by atoms with E-state index in [9.17, 15) is 14.4 Å². The van der Waals surface area contributed by atoms with Crippen LogP contribution >= 0.6 is 11.3 Å². The van der Waals surface area contributed by atoms with E-state index in [1.807, 2.05) is 0 Å². The van der Waals surface area contributed by atoms with Gasteiger partial charge in [-0.25, -0.2) is 29.6 Å². The van der Waals surface area contributed by atoms with E-state index in [0.29, 0.717) is 78.1 Å². The van der Waals surface area contributed by atoms with Gasteiger partial charge in [0.2, 0.25) is 5.95 Å². The van der Waals surface area contributed by atoms with Crippen LogP contribution in [0.25, 0.3) is 21.6 Å². The van der Waals surface area contributed by atoms with Gasteiger partial charge in [-0.1, -0.05) is 0 Å². The molecule has 1 aliphatic heterocycles. The zero-order valence-electron chi connectivity index (χ0n) is 23.7. The monoisotopic (exact) mass is 585 g/mol. The Kier molecular flexibility index (Phi) is 9.65. The number of rotatable bonds is 9. The first-order valence-corrected chi connectivity index (χ1v) is 14.3. The molecule has 4 heterocycles. The van der Waals surface area contributed by atoms with Gasteiger partial charge in [-0.3, -0.25) is 9.59 Å². The second-order valence-corrected chi connectivity index (χ2v) is 11.4. The highest BCUT2D eigenvalue weighted by Gasteiger charge is 2.30. The first-order valence-electron chi connectivity index (χ1n) is 13.5. The highest BCUT2D eigenvalue weighted by atomic mass is 32.1. The van der Waals surface area contributed by atoms with Gasteiger partial charge in [-0.2, -0.15) is 0 Å². The molecular weight excluding hydrogens is 550 g/mol. The zero-order chi connectivity index (χ0) is 29.6. The molecular formula is C27H35N7O6S. The number of aromatic nitrogens is 4. The molecule has 3 aromatic heterocycles. The lowest BCUT2D eigenvalue weighted by atomic mass is 10.2. The van der Waals surface area contributed by atoms with Gasteiger partial charge in [0.25, 0.3) is 5.91 Å². The van der Waals surface area contributed by atoms with E-state index in [2.05, 4.69) is 14.9 Å². The summed E-state index contributed by atoms with van der Waals surface area (Å²) in [4.78, 5) is 59.7. The maximum atomic E-state index is 13.8. The standard InChI is InChI=1S/C27H35N7O6S/c1-5-39-20(35)8-6-7-9-34(26(37)40-27(2,3)4)24(36)19-14-18-21(41-19)23(33-10-12-38-13-11-33)32-22(31-18)17-15-29-25(28)30-16-17/h14-16H,5-13H2,1-4H3,(H2,28,29,30). The summed E-state index contributed by atoms with van der Waals surface area (Å²) in [6.45, 7) is 9.66. The number of anilines is 2. The molecule has 13 nitrogen and oxygen atoms in total. The lowest BCUT2D eigenvalue weighted by Gasteiger charge is -2.28. The summed E-state index contributed by atoms with van der Waals surface area (Å²) >= 11 is 1.21. The number of nitrogen functional groups attached to an aromatic ring is 1. The van der Waals surface area contributed by atoms with E-state index in [1.54, 1.807) is 46.2 Å². The van der Waals surface area contributed by atoms with Crippen LogP contribution in [0.4, 0.5) is 16.6 Å². The highest BCUT2D eigenvalue weighted by Crippen LogP contribution is 2.35. The van der Waals surface area contributed by atoms with Crippen molar-refractivity contribution >= 4 is 51.3 Å². The summed E-state index contributed by atoms with van der Waals surface area (Å²) in [6.07, 6.45) is 3.41. The van der Waals surface area contributed by atoms with Gasteiger partial charge in [0.1, 0.15) is 5.60 Å². The molecule has 1 aliphatic rings. The van der Waals surface area contributed by atoms with E-state index in [4.69, 9.17) is 29.9 Å². The van der Waals surface area contributed by atoms with Crippen molar-refractivity contribution in [1.82, 2.24) is 24.8 Å². The number of carbonyl (C=O) groups excluding carboxylic acids is 3. The zero-order valence-corrected chi connectivity index (χ0v) is 24.5. The van der Waals surface area contributed by atoms with Crippen molar-refractivity contribution in [2.24, 2.45) is 0 Å². The van der Waals surface area contributed by atoms with Crippen molar-refractivity contribution < 1.29 is 28.6 Å². The van der Waals surface area contributed by atoms with Crippen molar-refractivity contribution in [3.05, 3.63) is 23.3 Å². The third-order valence-electron chi connectivity index (χ3n) is 5.98. The van der Waals surface area contributed by atoms with Crippen molar-refractivity contribution in [3.8, 4) is 11.4 Å². The quantitative estimate of drug-likeness (QED) is 0.287. The smallest absolute Gasteiger partial charge is 0.417 e. The SMILES string of the molecule is CCOC(=O)CCCCN(C(=O)OC(C)(C)C)C(=O)c1cc2nc(-c3cnc(N)nc3)nc(N3CCOCC3)c2s1. The molecule has 1 fully saturated rings. The summed E-state index contributed by atoms with van der Waals surface area (Å²) < 4.78 is 16.7. The van der Waals surface area contributed by atoms with Gasteiger partial charge in [0, 0.05) is 38.4 Å². The predicted octanol–water partition coefficient (Wildman–Crippen LogP) is 3.68. The van der Waals surface area contributed by atoms with Gasteiger partial charge in [0.05, 0.1) is 40.5 Å². The van der Waals surface area contributed by atoms with E-state index in [0.717, 1.165) is 4.90 Å². The van der Waals surface area contributed by atoms with Crippen LogP contribution in [0.1, 0.15) is 56.6 Å². The second-order valence-electron chi connectivity index (χ2n) is 10.3. The fraction of sp³-hybridized carbons (Fsp3) is 0.519. The Morgan fingerprint density at radius 1 is 1.12 bits per heavy atom. The van der Waals surface area contributed by atoms with E-state index in [-0.39, 0.29) is 24.9 Å². The highest BCUT2D eigenvalue weighted by molar-refractivity contribution is 7.21. The van der Waals surface area contributed by atoms with Crippen LogP contribution in [-0.2, 0) is 19.0 Å². The normalized spacial score (nSPS) is 13.7. The summed E-state index contributed by atoms with van der Waals surface area (Å²) in [5.74, 6) is 0.356. The fourth-order valence-electron chi connectivity index (χ4n) is 4.09. The molecule has 3 aromatic rings. The molecule has 0 radical (unpaired) electrons. The Bertz CT molecular complexity index is 1380.